The average molecular weight is 283 g/mol. The minimum atomic E-state index is 0.962. The third-order valence-electron chi connectivity index (χ3n) is 4.52. The second-order valence-corrected chi connectivity index (χ2v) is 5.78. The van der Waals surface area contributed by atoms with Crippen molar-refractivity contribution in [2.75, 3.05) is 0 Å². The maximum absolute atomic E-state index is 2.33. The van der Waals surface area contributed by atoms with Gasteiger partial charge in [0, 0.05) is 10.9 Å². The van der Waals surface area contributed by atoms with Gasteiger partial charge >= 0.3 is 0 Å². The highest BCUT2D eigenvalue weighted by Gasteiger charge is 2.29. The number of imidazole rings is 1. The molecule has 2 heterocycles. The summed E-state index contributed by atoms with van der Waals surface area (Å²) in [5, 5.41) is 2.56. The molecule has 5 rings (SSSR count). The molecule has 1 aliphatic rings. The minimum Gasteiger partial charge on any atom is -0.225 e. The van der Waals surface area contributed by atoms with Gasteiger partial charge in [-0.05, 0) is 17.5 Å². The summed E-state index contributed by atoms with van der Waals surface area (Å²) in [6.45, 7) is 0.962. The van der Waals surface area contributed by atoms with Crippen LogP contribution in [0.15, 0.2) is 79.1 Å². The third-order valence-corrected chi connectivity index (χ3v) is 4.52. The fourth-order valence-electron chi connectivity index (χ4n) is 3.51. The van der Waals surface area contributed by atoms with Crippen LogP contribution in [-0.2, 0) is 6.54 Å². The molecule has 2 heteroatoms. The van der Waals surface area contributed by atoms with Crippen molar-refractivity contribution in [2.24, 2.45) is 0 Å². The van der Waals surface area contributed by atoms with E-state index in [-0.39, 0.29) is 0 Å². The van der Waals surface area contributed by atoms with Gasteiger partial charge in [-0.25, -0.2) is 4.57 Å². The molecule has 0 atom stereocenters. The topological polar surface area (TPSA) is 8.81 Å². The average Bonchev–Trinajstić information content (AvgIpc) is 3.13. The van der Waals surface area contributed by atoms with E-state index in [9.17, 15) is 0 Å². The molecule has 0 saturated heterocycles. The summed E-state index contributed by atoms with van der Waals surface area (Å²) in [6.07, 6.45) is 4.35. The second-order valence-electron chi connectivity index (χ2n) is 5.78. The van der Waals surface area contributed by atoms with E-state index >= 15 is 0 Å². The number of rotatable bonds is 1. The van der Waals surface area contributed by atoms with Crippen LogP contribution in [0.4, 0.5) is 0 Å². The van der Waals surface area contributed by atoms with E-state index in [1.807, 2.05) is 0 Å². The molecule has 22 heavy (non-hydrogen) atoms. The van der Waals surface area contributed by atoms with Crippen molar-refractivity contribution in [1.82, 2.24) is 4.57 Å². The number of hydrogen-bond acceptors (Lipinski definition) is 0. The summed E-state index contributed by atoms with van der Waals surface area (Å²) in [5.41, 5.74) is 3.97. The molecule has 0 saturated carbocycles. The molecule has 3 aromatic carbocycles. The fraction of sp³-hybridized carbons (Fsp3) is 0.0500. The van der Waals surface area contributed by atoms with Crippen molar-refractivity contribution in [3.8, 4) is 17.1 Å². The van der Waals surface area contributed by atoms with Crippen LogP contribution in [0.3, 0.4) is 0 Å². The van der Waals surface area contributed by atoms with Crippen LogP contribution in [0.5, 0.6) is 0 Å². The number of aromatic nitrogens is 2. The first-order chi connectivity index (χ1) is 10.9. The highest BCUT2D eigenvalue weighted by molar-refractivity contribution is 5.90. The van der Waals surface area contributed by atoms with Gasteiger partial charge in [0.1, 0.15) is 24.6 Å². The summed E-state index contributed by atoms with van der Waals surface area (Å²) >= 11 is 0. The summed E-state index contributed by atoms with van der Waals surface area (Å²) in [7, 11) is 0. The maximum atomic E-state index is 2.33. The summed E-state index contributed by atoms with van der Waals surface area (Å²) in [6, 6.07) is 23.7. The van der Waals surface area contributed by atoms with Crippen molar-refractivity contribution in [3.05, 3.63) is 84.7 Å². The van der Waals surface area contributed by atoms with Crippen LogP contribution in [0.25, 0.3) is 27.8 Å². The standard InChI is InChI=1S/C20H15N2/c1-3-9-17-15(6-1)8-5-11-19(17)22-13-12-21-14-16-7-2-4-10-18(16)20(21)22/h1-13H,14H2/q+1. The first-order valence-electron chi connectivity index (χ1n) is 7.59. The fourth-order valence-corrected chi connectivity index (χ4v) is 3.51. The van der Waals surface area contributed by atoms with Crippen LogP contribution in [-0.4, -0.2) is 4.57 Å². The van der Waals surface area contributed by atoms with E-state index in [4.69, 9.17) is 0 Å². The van der Waals surface area contributed by atoms with Crippen LogP contribution in [0.1, 0.15) is 5.56 Å². The van der Waals surface area contributed by atoms with E-state index in [2.05, 4.69) is 88.3 Å². The van der Waals surface area contributed by atoms with Gasteiger partial charge in [0.2, 0.25) is 0 Å². The Morgan fingerprint density at radius 1 is 0.818 bits per heavy atom. The lowest BCUT2D eigenvalue weighted by molar-refractivity contribution is -0.671. The summed E-state index contributed by atoms with van der Waals surface area (Å²) in [5.74, 6) is 1.27. The quantitative estimate of drug-likeness (QED) is 0.412. The van der Waals surface area contributed by atoms with Crippen molar-refractivity contribution in [2.45, 2.75) is 6.54 Å². The lowest BCUT2D eigenvalue weighted by atomic mass is 10.1. The molecule has 0 radical (unpaired) electrons. The maximum Gasteiger partial charge on any atom is 0.294 e. The van der Waals surface area contributed by atoms with Gasteiger partial charge < -0.3 is 0 Å². The smallest absolute Gasteiger partial charge is 0.225 e. The zero-order chi connectivity index (χ0) is 14.5. The van der Waals surface area contributed by atoms with Crippen LogP contribution >= 0.6 is 0 Å². The van der Waals surface area contributed by atoms with Gasteiger partial charge in [-0.1, -0.05) is 54.6 Å². The second kappa shape index (κ2) is 4.31. The number of benzene rings is 3. The van der Waals surface area contributed by atoms with Crippen molar-refractivity contribution < 1.29 is 4.57 Å². The molecule has 4 aromatic rings. The molecule has 0 spiro atoms. The van der Waals surface area contributed by atoms with Crippen LogP contribution in [0.2, 0.25) is 0 Å². The highest BCUT2D eigenvalue weighted by atomic mass is 15.2. The van der Waals surface area contributed by atoms with Gasteiger partial charge in [0.25, 0.3) is 5.82 Å². The highest BCUT2D eigenvalue weighted by Crippen LogP contribution is 2.31. The molecular formula is C20H15N2+. The Hall–Kier alpha value is -2.87. The van der Waals surface area contributed by atoms with Gasteiger partial charge in [-0.15, -0.1) is 0 Å². The number of hydrogen-bond donors (Lipinski definition) is 0. The molecule has 104 valence electrons. The van der Waals surface area contributed by atoms with Crippen molar-refractivity contribution in [3.63, 3.8) is 0 Å². The molecule has 2 nitrogen and oxygen atoms in total. The Labute approximate surface area is 128 Å². The molecule has 0 aliphatic carbocycles. The Morgan fingerprint density at radius 3 is 2.64 bits per heavy atom. The van der Waals surface area contributed by atoms with E-state index < -0.39 is 0 Å². The van der Waals surface area contributed by atoms with Gasteiger partial charge in [0.05, 0.1) is 5.56 Å². The monoisotopic (exact) mass is 283 g/mol. The zero-order valence-corrected chi connectivity index (χ0v) is 12.1. The van der Waals surface area contributed by atoms with E-state index in [1.165, 1.54) is 33.4 Å². The van der Waals surface area contributed by atoms with E-state index in [0.717, 1.165) is 6.54 Å². The third kappa shape index (κ3) is 1.52. The first-order valence-corrected chi connectivity index (χ1v) is 7.59. The lowest BCUT2D eigenvalue weighted by Crippen LogP contribution is -2.29. The Balaban J connectivity index is 1.83. The predicted octanol–water partition coefficient (Wildman–Crippen LogP) is 3.95. The molecule has 0 amide bonds. The van der Waals surface area contributed by atoms with Gasteiger partial charge in [0.15, 0.2) is 0 Å². The van der Waals surface area contributed by atoms with Crippen LogP contribution in [0, 0.1) is 0 Å². The molecule has 0 fully saturated rings. The normalized spacial score (nSPS) is 12.4. The largest absolute Gasteiger partial charge is 0.294 e. The summed E-state index contributed by atoms with van der Waals surface area (Å²) < 4.78 is 4.64. The molecule has 0 bridgehead atoms. The molecule has 0 unspecified atom stereocenters. The Morgan fingerprint density at radius 2 is 1.64 bits per heavy atom. The van der Waals surface area contributed by atoms with Gasteiger partial charge in [-0.2, -0.15) is 4.57 Å². The van der Waals surface area contributed by atoms with E-state index in [1.54, 1.807) is 0 Å². The van der Waals surface area contributed by atoms with Crippen molar-refractivity contribution >= 4 is 10.8 Å². The first kappa shape index (κ1) is 11.8. The van der Waals surface area contributed by atoms with Gasteiger partial charge in [-0.3, -0.25) is 0 Å². The molecule has 1 aliphatic heterocycles. The molecular weight excluding hydrogens is 268 g/mol. The van der Waals surface area contributed by atoms with Crippen LogP contribution < -0.4 is 4.57 Å². The molecule has 0 N–H and O–H groups in total. The predicted molar refractivity (Wildman–Crippen MR) is 88.0 cm³/mol. The summed E-state index contributed by atoms with van der Waals surface area (Å²) in [4.78, 5) is 0. The van der Waals surface area contributed by atoms with E-state index in [0.29, 0.717) is 0 Å². The van der Waals surface area contributed by atoms with Crippen molar-refractivity contribution in [1.29, 1.82) is 0 Å². The number of nitrogens with zero attached hydrogens (tertiary/aromatic N) is 2. The Bertz CT molecular complexity index is 1010. The number of fused-ring (bicyclic) bond motifs is 4. The minimum absolute atomic E-state index is 0.962. The SMILES string of the molecule is c1ccc2c(c1)C[n+]1ccn(-c3cccc4ccccc34)c1-2. The zero-order valence-electron chi connectivity index (χ0n) is 12.1. The Kier molecular flexibility index (Phi) is 2.30. The lowest BCUT2D eigenvalue weighted by Gasteiger charge is -2.05. The molecule has 1 aromatic heterocycles.